The van der Waals surface area contributed by atoms with E-state index in [9.17, 15) is 18.0 Å². The van der Waals surface area contributed by atoms with Gasteiger partial charge < -0.3 is 9.64 Å². The van der Waals surface area contributed by atoms with Crippen LogP contribution in [0.5, 0.6) is 0 Å². The highest BCUT2D eigenvalue weighted by Gasteiger charge is 2.23. The third kappa shape index (κ3) is 5.17. The second-order valence-electron chi connectivity index (χ2n) is 6.54. The number of carbonyl (C=O) groups is 2. The minimum atomic E-state index is -3.58. The van der Waals surface area contributed by atoms with E-state index in [4.69, 9.17) is 4.74 Å². The molecule has 0 saturated carbocycles. The molecule has 150 valence electrons. The highest BCUT2D eigenvalue weighted by atomic mass is 32.2. The largest absolute Gasteiger partial charge is 0.449 e. The minimum absolute atomic E-state index is 0.0702. The SMILES string of the molecule is C[C@@H](OC(=O)c1ccc(S(=O)(=O)N(C)C)cc1)C(=O)N(C)Cc1ccccc1. The average molecular weight is 404 g/mol. The Balaban J connectivity index is 2.00. The van der Waals surface area contributed by atoms with Crippen molar-refractivity contribution in [3.8, 4) is 0 Å². The van der Waals surface area contributed by atoms with Gasteiger partial charge in [0, 0.05) is 27.7 Å². The Bertz CT molecular complexity index is 925. The molecule has 0 unspecified atom stereocenters. The fourth-order valence-corrected chi connectivity index (χ4v) is 3.40. The minimum Gasteiger partial charge on any atom is -0.449 e. The molecule has 0 aliphatic carbocycles. The molecule has 7 nitrogen and oxygen atoms in total. The Kier molecular flexibility index (Phi) is 6.93. The molecule has 2 aromatic rings. The maximum Gasteiger partial charge on any atom is 0.338 e. The fraction of sp³-hybridized carbons (Fsp3) is 0.300. The van der Waals surface area contributed by atoms with E-state index in [1.165, 1.54) is 50.2 Å². The van der Waals surface area contributed by atoms with E-state index in [0.717, 1.165) is 9.87 Å². The molecule has 28 heavy (non-hydrogen) atoms. The lowest BCUT2D eigenvalue weighted by Gasteiger charge is -2.21. The Morgan fingerprint density at radius 1 is 0.964 bits per heavy atom. The summed E-state index contributed by atoms with van der Waals surface area (Å²) in [4.78, 5) is 26.3. The summed E-state index contributed by atoms with van der Waals surface area (Å²) in [6.07, 6.45) is -0.966. The molecule has 2 rings (SSSR count). The summed E-state index contributed by atoms with van der Waals surface area (Å²) in [6.45, 7) is 1.91. The summed E-state index contributed by atoms with van der Waals surface area (Å²) in [5, 5.41) is 0. The lowest BCUT2D eigenvalue weighted by Crippen LogP contribution is -2.37. The number of likely N-dealkylation sites (N-methyl/N-ethyl adjacent to an activating group) is 1. The smallest absolute Gasteiger partial charge is 0.338 e. The second-order valence-corrected chi connectivity index (χ2v) is 8.69. The van der Waals surface area contributed by atoms with Gasteiger partial charge in [0.15, 0.2) is 6.10 Å². The predicted molar refractivity (Wildman–Crippen MR) is 105 cm³/mol. The summed E-state index contributed by atoms with van der Waals surface area (Å²) in [5.41, 5.74) is 1.14. The lowest BCUT2D eigenvalue weighted by atomic mass is 10.2. The van der Waals surface area contributed by atoms with Crippen LogP contribution in [0.2, 0.25) is 0 Å². The van der Waals surface area contributed by atoms with E-state index in [1.807, 2.05) is 30.3 Å². The molecule has 1 amide bonds. The van der Waals surface area contributed by atoms with Gasteiger partial charge in [-0.3, -0.25) is 4.79 Å². The molecule has 0 bridgehead atoms. The first-order valence-corrected chi connectivity index (χ1v) is 10.1. The summed E-state index contributed by atoms with van der Waals surface area (Å²) in [5.74, 6) is -1.02. The second kappa shape index (κ2) is 8.99. The molecule has 0 radical (unpaired) electrons. The van der Waals surface area contributed by atoms with Crippen LogP contribution in [0.15, 0.2) is 59.5 Å². The first-order valence-electron chi connectivity index (χ1n) is 8.65. The van der Waals surface area contributed by atoms with Crippen LogP contribution in [0.25, 0.3) is 0 Å². The molecule has 0 aliphatic rings. The van der Waals surface area contributed by atoms with Gasteiger partial charge in [-0.15, -0.1) is 0 Å². The molecule has 0 aromatic heterocycles. The number of carbonyl (C=O) groups excluding carboxylic acids is 2. The topological polar surface area (TPSA) is 84.0 Å². The molecule has 1 atom stereocenters. The van der Waals surface area contributed by atoms with Crippen molar-refractivity contribution in [2.45, 2.75) is 24.5 Å². The molecule has 0 fully saturated rings. The van der Waals surface area contributed by atoms with Gasteiger partial charge in [0.2, 0.25) is 10.0 Å². The Morgan fingerprint density at radius 2 is 1.54 bits per heavy atom. The average Bonchev–Trinajstić information content (AvgIpc) is 2.67. The number of ether oxygens (including phenoxy) is 1. The van der Waals surface area contributed by atoms with Gasteiger partial charge in [-0.1, -0.05) is 30.3 Å². The number of nitrogens with zero attached hydrogens (tertiary/aromatic N) is 2. The first kappa shape index (κ1) is 21.6. The van der Waals surface area contributed by atoms with Crippen LogP contribution in [-0.4, -0.2) is 56.7 Å². The van der Waals surface area contributed by atoms with E-state index >= 15 is 0 Å². The van der Waals surface area contributed by atoms with Crippen molar-refractivity contribution in [3.63, 3.8) is 0 Å². The molecule has 0 heterocycles. The third-order valence-electron chi connectivity index (χ3n) is 4.14. The first-order chi connectivity index (χ1) is 13.1. The Labute approximate surface area is 165 Å². The molecule has 2 aromatic carbocycles. The normalized spacial score (nSPS) is 12.5. The van der Waals surface area contributed by atoms with Gasteiger partial charge in [-0.05, 0) is 36.8 Å². The number of esters is 1. The molecule has 0 N–H and O–H groups in total. The maximum atomic E-state index is 12.4. The Hall–Kier alpha value is -2.71. The monoisotopic (exact) mass is 404 g/mol. The number of hydrogen-bond donors (Lipinski definition) is 0. The standard InChI is InChI=1S/C20H24N2O5S/c1-15(19(23)22(4)14-16-8-6-5-7-9-16)27-20(24)17-10-12-18(13-11-17)28(25,26)21(2)3/h5-13,15H,14H2,1-4H3/t15-/m1/s1. The van der Waals surface area contributed by atoms with Gasteiger partial charge in [0.05, 0.1) is 10.5 Å². The van der Waals surface area contributed by atoms with Gasteiger partial charge in [-0.2, -0.15) is 0 Å². The fourth-order valence-electron chi connectivity index (χ4n) is 2.50. The van der Waals surface area contributed by atoms with Crippen molar-refractivity contribution in [2.24, 2.45) is 0 Å². The van der Waals surface area contributed by atoms with Crippen LogP contribution in [0.1, 0.15) is 22.8 Å². The van der Waals surface area contributed by atoms with Crippen LogP contribution in [-0.2, 0) is 26.1 Å². The highest BCUT2D eigenvalue weighted by molar-refractivity contribution is 7.89. The summed E-state index contributed by atoms with van der Waals surface area (Å²) >= 11 is 0. The molecule has 0 aliphatic heterocycles. The van der Waals surface area contributed by atoms with Crippen LogP contribution >= 0.6 is 0 Å². The Morgan fingerprint density at radius 3 is 2.07 bits per heavy atom. The van der Waals surface area contributed by atoms with Crippen molar-refractivity contribution in [1.29, 1.82) is 0 Å². The number of benzene rings is 2. The van der Waals surface area contributed by atoms with Crippen molar-refractivity contribution in [3.05, 3.63) is 65.7 Å². The van der Waals surface area contributed by atoms with E-state index in [1.54, 1.807) is 7.05 Å². The van der Waals surface area contributed by atoms with Gasteiger partial charge >= 0.3 is 5.97 Å². The van der Waals surface area contributed by atoms with Crippen LogP contribution in [0, 0.1) is 0 Å². The zero-order valence-corrected chi connectivity index (χ0v) is 17.1. The molecular weight excluding hydrogens is 380 g/mol. The van der Waals surface area contributed by atoms with Crippen molar-refractivity contribution < 1.29 is 22.7 Å². The summed E-state index contributed by atoms with van der Waals surface area (Å²) in [7, 11) is 0.918. The molecule has 0 saturated heterocycles. The van der Waals surface area contributed by atoms with Crippen molar-refractivity contribution in [1.82, 2.24) is 9.21 Å². The molecule has 0 spiro atoms. The predicted octanol–water partition coefficient (Wildman–Crippen LogP) is 2.14. The molecule has 8 heteroatoms. The number of amides is 1. The zero-order chi connectivity index (χ0) is 20.9. The summed E-state index contributed by atoms with van der Waals surface area (Å²) < 4.78 is 30.5. The van der Waals surface area contributed by atoms with Gasteiger partial charge in [0.1, 0.15) is 0 Å². The quantitative estimate of drug-likeness (QED) is 0.660. The lowest BCUT2D eigenvalue weighted by molar-refractivity contribution is -0.139. The number of rotatable bonds is 7. The van der Waals surface area contributed by atoms with Crippen LogP contribution < -0.4 is 0 Å². The van der Waals surface area contributed by atoms with Gasteiger partial charge in [0.25, 0.3) is 5.91 Å². The van der Waals surface area contributed by atoms with Crippen LogP contribution in [0.3, 0.4) is 0 Å². The van der Waals surface area contributed by atoms with Gasteiger partial charge in [-0.25, -0.2) is 17.5 Å². The maximum absolute atomic E-state index is 12.4. The van der Waals surface area contributed by atoms with Crippen LogP contribution in [0.4, 0.5) is 0 Å². The number of sulfonamides is 1. The molecular formula is C20H24N2O5S. The van der Waals surface area contributed by atoms with Crippen molar-refractivity contribution >= 4 is 21.9 Å². The zero-order valence-electron chi connectivity index (χ0n) is 16.3. The van der Waals surface area contributed by atoms with E-state index in [-0.39, 0.29) is 16.4 Å². The van der Waals surface area contributed by atoms with E-state index in [0.29, 0.717) is 6.54 Å². The summed E-state index contributed by atoms with van der Waals surface area (Å²) in [6, 6.07) is 14.9. The highest BCUT2D eigenvalue weighted by Crippen LogP contribution is 2.15. The van der Waals surface area contributed by atoms with E-state index in [2.05, 4.69) is 0 Å². The van der Waals surface area contributed by atoms with Crippen molar-refractivity contribution in [2.75, 3.05) is 21.1 Å². The van der Waals surface area contributed by atoms with E-state index < -0.39 is 22.1 Å². The number of hydrogen-bond acceptors (Lipinski definition) is 5. The third-order valence-corrected chi connectivity index (χ3v) is 5.97.